The zero-order chi connectivity index (χ0) is 20.1. The second kappa shape index (κ2) is 8.61. The van der Waals surface area contributed by atoms with Crippen molar-refractivity contribution in [1.29, 1.82) is 0 Å². The number of carbonyl (C=O) groups is 2. The number of anilines is 1. The number of urea groups is 1. The lowest BCUT2D eigenvalue weighted by atomic mass is 10.2. The maximum absolute atomic E-state index is 14.1. The molecular formula is C18H17F2N5O2S. The van der Waals surface area contributed by atoms with Crippen LogP contribution in [0.15, 0.2) is 42.7 Å². The molecule has 3 aromatic rings. The van der Waals surface area contributed by atoms with Crippen LogP contribution >= 0.6 is 11.3 Å². The van der Waals surface area contributed by atoms with Crippen LogP contribution < -0.4 is 10.6 Å². The number of hydrogen-bond acceptors (Lipinski definition) is 4. The van der Waals surface area contributed by atoms with Crippen LogP contribution in [0.3, 0.4) is 0 Å². The van der Waals surface area contributed by atoms with Crippen molar-refractivity contribution < 1.29 is 18.4 Å². The third-order valence-electron chi connectivity index (χ3n) is 3.79. The number of thiazole rings is 1. The van der Waals surface area contributed by atoms with Gasteiger partial charge in [-0.2, -0.15) is 4.39 Å². The van der Waals surface area contributed by atoms with Crippen molar-refractivity contribution >= 4 is 28.4 Å². The zero-order valence-corrected chi connectivity index (χ0v) is 15.6. The first-order valence-corrected chi connectivity index (χ1v) is 9.07. The first-order chi connectivity index (χ1) is 13.4. The molecule has 3 rings (SSSR count). The highest BCUT2D eigenvalue weighted by atomic mass is 32.1. The molecule has 3 N–H and O–H groups in total. The van der Waals surface area contributed by atoms with Gasteiger partial charge in [-0.15, -0.1) is 0 Å². The monoisotopic (exact) mass is 405 g/mol. The largest absolute Gasteiger partial charge is 0.367 e. The minimum Gasteiger partial charge on any atom is -0.367 e. The van der Waals surface area contributed by atoms with Crippen LogP contribution in [0, 0.1) is 10.9 Å². The molecule has 0 saturated carbocycles. The number of nitrogens with zero attached hydrogens (tertiary/aromatic N) is 2. The Bertz CT molecular complexity index is 974. The highest BCUT2D eigenvalue weighted by Gasteiger charge is 2.18. The van der Waals surface area contributed by atoms with Crippen molar-refractivity contribution in [3.63, 3.8) is 0 Å². The van der Waals surface area contributed by atoms with Gasteiger partial charge in [-0.3, -0.25) is 10.1 Å². The van der Waals surface area contributed by atoms with Crippen LogP contribution in [0.2, 0.25) is 0 Å². The highest BCUT2D eigenvalue weighted by Crippen LogP contribution is 2.22. The van der Waals surface area contributed by atoms with Crippen LogP contribution in [0.4, 0.5) is 18.7 Å². The van der Waals surface area contributed by atoms with Crippen molar-refractivity contribution in [3.05, 3.63) is 70.5 Å². The number of benzene rings is 1. The van der Waals surface area contributed by atoms with E-state index in [0.29, 0.717) is 22.5 Å². The van der Waals surface area contributed by atoms with Crippen molar-refractivity contribution in [2.75, 3.05) is 12.4 Å². The molecule has 146 valence electrons. The molecule has 0 spiro atoms. The Kier molecular flexibility index (Phi) is 5.99. The minimum atomic E-state index is -0.596. The van der Waals surface area contributed by atoms with E-state index in [2.05, 4.69) is 20.6 Å². The third kappa shape index (κ3) is 4.92. The smallest absolute Gasteiger partial charge is 0.321 e. The molecule has 0 aliphatic rings. The quantitative estimate of drug-likeness (QED) is 0.588. The van der Waals surface area contributed by atoms with Crippen molar-refractivity contribution in [3.8, 4) is 0 Å². The number of aromatic nitrogens is 2. The molecule has 0 radical (unpaired) electrons. The Morgan fingerprint density at radius 3 is 2.82 bits per heavy atom. The van der Waals surface area contributed by atoms with Crippen molar-refractivity contribution in [2.24, 2.45) is 0 Å². The summed E-state index contributed by atoms with van der Waals surface area (Å²) in [6.07, 6.45) is 3.17. The molecule has 2 heterocycles. The molecule has 0 aliphatic heterocycles. The molecule has 1 aromatic carbocycles. The van der Waals surface area contributed by atoms with E-state index >= 15 is 0 Å². The summed E-state index contributed by atoms with van der Waals surface area (Å²) in [7, 11) is 1.53. The van der Waals surface area contributed by atoms with Gasteiger partial charge in [-0.05, 0) is 23.8 Å². The number of aromatic amines is 1. The molecule has 0 unspecified atom stereocenters. The number of rotatable bonds is 6. The first-order valence-electron chi connectivity index (χ1n) is 8.25. The van der Waals surface area contributed by atoms with E-state index < -0.39 is 17.0 Å². The van der Waals surface area contributed by atoms with E-state index in [1.165, 1.54) is 30.1 Å². The van der Waals surface area contributed by atoms with Crippen LogP contribution in [-0.4, -0.2) is 33.9 Å². The third-order valence-corrected chi connectivity index (χ3v) is 4.59. The topological polar surface area (TPSA) is 90.1 Å². The Hall–Kier alpha value is -3.27. The summed E-state index contributed by atoms with van der Waals surface area (Å²) in [4.78, 5) is 32.3. The van der Waals surface area contributed by atoms with E-state index in [1.807, 2.05) is 0 Å². The lowest BCUT2D eigenvalue weighted by Crippen LogP contribution is -2.28. The van der Waals surface area contributed by atoms with Gasteiger partial charge in [0.1, 0.15) is 11.5 Å². The van der Waals surface area contributed by atoms with Crippen molar-refractivity contribution in [2.45, 2.75) is 13.1 Å². The fraction of sp³-hybridized carbons (Fsp3) is 0.167. The van der Waals surface area contributed by atoms with E-state index in [-0.39, 0.29) is 29.8 Å². The number of carbonyl (C=O) groups excluding carboxylic acids is 2. The van der Waals surface area contributed by atoms with Crippen LogP contribution in [-0.2, 0) is 13.1 Å². The van der Waals surface area contributed by atoms with Gasteiger partial charge >= 0.3 is 6.03 Å². The predicted molar refractivity (Wildman–Crippen MR) is 101 cm³/mol. The number of hydrogen-bond donors (Lipinski definition) is 3. The summed E-state index contributed by atoms with van der Waals surface area (Å²) in [5.74, 6) is -0.680. The molecular weight excluding hydrogens is 388 g/mol. The normalized spacial score (nSPS) is 10.5. The number of halogens is 2. The van der Waals surface area contributed by atoms with Crippen LogP contribution in [0.25, 0.3) is 0 Å². The molecule has 2 aromatic heterocycles. The Labute approximate surface area is 163 Å². The fourth-order valence-electron chi connectivity index (χ4n) is 2.43. The maximum atomic E-state index is 14.1. The van der Waals surface area contributed by atoms with Gasteiger partial charge in [0.25, 0.3) is 5.91 Å². The highest BCUT2D eigenvalue weighted by molar-refractivity contribution is 7.14. The van der Waals surface area contributed by atoms with Gasteiger partial charge in [-0.1, -0.05) is 23.5 Å². The van der Waals surface area contributed by atoms with E-state index in [9.17, 15) is 18.4 Å². The average Bonchev–Trinajstić information content (AvgIpc) is 3.30. The molecule has 7 nitrogen and oxygen atoms in total. The molecule has 0 atom stereocenters. The average molecular weight is 405 g/mol. The minimum absolute atomic E-state index is 0.0427. The van der Waals surface area contributed by atoms with Gasteiger partial charge in [0.2, 0.25) is 5.13 Å². The molecule has 0 bridgehead atoms. The Morgan fingerprint density at radius 2 is 2.11 bits per heavy atom. The second-order valence-corrected chi connectivity index (χ2v) is 6.89. The van der Waals surface area contributed by atoms with Gasteiger partial charge in [0.05, 0.1) is 12.1 Å². The van der Waals surface area contributed by atoms with Gasteiger partial charge in [0.15, 0.2) is 5.13 Å². The zero-order valence-electron chi connectivity index (χ0n) is 14.8. The maximum Gasteiger partial charge on any atom is 0.321 e. The summed E-state index contributed by atoms with van der Waals surface area (Å²) in [5, 5.41) is 4.45. The van der Waals surface area contributed by atoms with E-state index in [4.69, 9.17) is 0 Å². The van der Waals surface area contributed by atoms with Crippen LogP contribution in [0.1, 0.15) is 21.6 Å². The fourth-order valence-corrected chi connectivity index (χ4v) is 3.13. The van der Waals surface area contributed by atoms with Gasteiger partial charge < -0.3 is 15.2 Å². The standard InChI is InChI=1S/C18H17F2N5O2S/c1-25(16(26)12-5-6-21-9-12)10-14-15(20)28-18(23-14)24-17(27)22-8-11-3-2-4-13(19)7-11/h2-7,9,21H,8,10H2,1H3,(H2,22,23,24,27). The number of amides is 3. The Balaban J connectivity index is 1.56. The molecule has 3 amide bonds. The number of H-pyrrole nitrogens is 1. The molecule has 10 heteroatoms. The van der Waals surface area contributed by atoms with Crippen molar-refractivity contribution in [1.82, 2.24) is 20.2 Å². The summed E-state index contributed by atoms with van der Waals surface area (Å²) in [5.41, 5.74) is 1.09. The lowest BCUT2D eigenvalue weighted by Gasteiger charge is -2.14. The molecule has 0 aliphatic carbocycles. The molecule has 0 saturated heterocycles. The summed E-state index contributed by atoms with van der Waals surface area (Å²) in [6.45, 7) is 0.0666. The van der Waals surface area contributed by atoms with E-state index in [1.54, 1.807) is 24.5 Å². The molecule has 28 heavy (non-hydrogen) atoms. The second-order valence-electron chi connectivity index (χ2n) is 5.94. The SMILES string of the molecule is CN(Cc1nc(NC(=O)NCc2cccc(F)c2)sc1F)C(=O)c1cc[nH]c1. The molecule has 0 fully saturated rings. The first kappa shape index (κ1) is 19.5. The number of nitrogens with one attached hydrogen (secondary N) is 3. The van der Waals surface area contributed by atoms with E-state index in [0.717, 1.165) is 0 Å². The summed E-state index contributed by atoms with van der Waals surface area (Å²) < 4.78 is 27.2. The van der Waals surface area contributed by atoms with Gasteiger partial charge in [0, 0.05) is 26.0 Å². The van der Waals surface area contributed by atoms with Crippen LogP contribution in [0.5, 0.6) is 0 Å². The lowest BCUT2D eigenvalue weighted by molar-refractivity contribution is 0.0782. The summed E-state index contributed by atoms with van der Waals surface area (Å²) >= 11 is 0.664. The Morgan fingerprint density at radius 1 is 1.29 bits per heavy atom. The van der Waals surface area contributed by atoms with Gasteiger partial charge in [-0.25, -0.2) is 14.2 Å². The predicted octanol–water partition coefficient (Wildman–Crippen LogP) is 3.34. The summed E-state index contributed by atoms with van der Waals surface area (Å²) in [6, 6.07) is 6.84.